The molecule has 3 nitrogen and oxygen atoms in total. The molecule has 0 aromatic heterocycles. The highest BCUT2D eigenvalue weighted by Gasteiger charge is 2.06. The molecule has 0 saturated heterocycles. The van der Waals surface area contributed by atoms with Crippen LogP contribution in [0.15, 0.2) is 42.5 Å². The van der Waals surface area contributed by atoms with Crippen LogP contribution in [-0.4, -0.2) is 13.7 Å². The normalized spacial score (nSPS) is 10.0. The molecule has 2 rings (SSSR count). The van der Waals surface area contributed by atoms with Gasteiger partial charge in [-0.1, -0.05) is 42.8 Å². The second kappa shape index (κ2) is 10.1. The van der Waals surface area contributed by atoms with Gasteiger partial charge in [-0.2, -0.15) is 0 Å². The number of methoxy groups -OCH3 is 1. The molecule has 0 saturated carbocycles. The van der Waals surface area contributed by atoms with Crippen molar-refractivity contribution in [3.05, 3.63) is 59.2 Å². The van der Waals surface area contributed by atoms with Crippen LogP contribution in [0, 0.1) is 6.92 Å². The largest absolute Gasteiger partial charge is 0.493 e. The molecular formula is C19H26ClNO2. The molecule has 0 aliphatic heterocycles. The standard InChI is InChI=1S/C19H25NO2.ClH/c1-4-11-20-13-17-9-10-18(19(12-17)21-3)22-14-16-7-5-15(2)6-8-16;/h5-10,12,20H,4,11,13-14H2,1-3H3;1H. The summed E-state index contributed by atoms with van der Waals surface area (Å²) in [5.41, 5.74) is 3.61. The van der Waals surface area contributed by atoms with Crippen molar-refractivity contribution in [2.45, 2.75) is 33.4 Å². The molecule has 23 heavy (non-hydrogen) atoms. The van der Waals surface area contributed by atoms with Crippen LogP contribution < -0.4 is 14.8 Å². The quantitative estimate of drug-likeness (QED) is 0.720. The first-order valence-electron chi connectivity index (χ1n) is 7.79. The second-order valence-corrected chi connectivity index (χ2v) is 5.44. The van der Waals surface area contributed by atoms with Gasteiger partial charge in [0.2, 0.25) is 0 Å². The van der Waals surface area contributed by atoms with Crippen molar-refractivity contribution >= 4 is 12.4 Å². The Labute approximate surface area is 145 Å². The van der Waals surface area contributed by atoms with E-state index in [9.17, 15) is 0 Å². The lowest BCUT2D eigenvalue weighted by atomic mass is 10.1. The highest BCUT2D eigenvalue weighted by atomic mass is 35.5. The number of halogens is 1. The van der Waals surface area contributed by atoms with E-state index in [1.54, 1.807) is 7.11 Å². The molecule has 2 aromatic carbocycles. The third kappa shape index (κ3) is 6.12. The lowest BCUT2D eigenvalue weighted by Gasteiger charge is -2.13. The molecule has 0 aliphatic rings. The van der Waals surface area contributed by atoms with Gasteiger partial charge in [-0.05, 0) is 43.1 Å². The van der Waals surface area contributed by atoms with Gasteiger partial charge in [0.15, 0.2) is 11.5 Å². The minimum absolute atomic E-state index is 0. The van der Waals surface area contributed by atoms with Gasteiger partial charge in [-0.25, -0.2) is 0 Å². The van der Waals surface area contributed by atoms with E-state index in [2.05, 4.69) is 49.5 Å². The fourth-order valence-corrected chi connectivity index (χ4v) is 2.20. The Balaban J connectivity index is 0.00000264. The van der Waals surface area contributed by atoms with E-state index in [1.807, 2.05) is 12.1 Å². The van der Waals surface area contributed by atoms with Crippen molar-refractivity contribution in [1.29, 1.82) is 0 Å². The summed E-state index contributed by atoms with van der Waals surface area (Å²) in [5, 5.41) is 3.39. The summed E-state index contributed by atoms with van der Waals surface area (Å²) < 4.78 is 11.3. The van der Waals surface area contributed by atoms with Crippen LogP contribution in [-0.2, 0) is 13.2 Å². The molecule has 126 valence electrons. The summed E-state index contributed by atoms with van der Waals surface area (Å²) in [6.07, 6.45) is 1.13. The van der Waals surface area contributed by atoms with E-state index < -0.39 is 0 Å². The molecule has 2 aromatic rings. The summed E-state index contributed by atoms with van der Waals surface area (Å²) in [4.78, 5) is 0. The average molecular weight is 336 g/mol. The Morgan fingerprint density at radius 2 is 1.65 bits per heavy atom. The molecule has 0 unspecified atom stereocenters. The van der Waals surface area contributed by atoms with Crippen LogP contribution in [0.3, 0.4) is 0 Å². The van der Waals surface area contributed by atoms with Gasteiger partial charge < -0.3 is 14.8 Å². The average Bonchev–Trinajstić information content (AvgIpc) is 2.55. The zero-order valence-electron chi connectivity index (χ0n) is 14.1. The SMILES string of the molecule is CCCNCc1ccc(OCc2ccc(C)cc2)c(OC)c1.Cl. The van der Waals surface area contributed by atoms with Crippen molar-refractivity contribution in [2.24, 2.45) is 0 Å². The van der Waals surface area contributed by atoms with Crippen LogP contribution in [0.2, 0.25) is 0 Å². The maximum Gasteiger partial charge on any atom is 0.161 e. The molecule has 0 heterocycles. The number of nitrogens with one attached hydrogen (secondary N) is 1. The Morgan fingerprint density at radius 1 is 0.957 bits per heavy atom. The third-order valence-corrected chi connectivity index (χ3v) is 3.50. The summed E-state index contributed by atoms with van der Waals surface area (Å²) in [6.45, 7) is 6.66. The van der Waals surface area contributed by atoms with Gasteiger partial charge in [-0.3, -0.25) is 0 Å². The van der Waals surface area contributed by atoms with Crippen molar-refractivity contribution in [2.75, 3.05) is 13.7 Å². The fourth-order valence-electron chi connectivity index (χ4n) is 2.20. The first-order chi connectivity index (χ1) is 10.7. The number of rotatable bonds is 8. The van der Waals surface area contributed by atoms with Gasteiger partial charge in [0.25, 0.3) is 0 Å². The van der Waals surface area contributed by atoms with Crippen molar-refractivity contribution in [3.63, 3.8) is 0 Å². The van der Waals surface area contributed by atoms with E-state index in [0.29, 0.717) is 6.61 Å². The van der Waals surface area contributed by atoms with Gasteiger partial charge in [0.1, 0.15) is 6.61 Å². The van der Waals surface area contributed by atoms with E-state index in [1.165, 1.54) is 11.1 Å². The van der Waals surface area contributed by atoms with Crippen molar-refractivity contribution < 1.29 is 9.47 Å². The van der Waals surface area contributed by atoms with Crippen LogP contribution in [0.4, 0.5) is 0 Å². The maximum atomic E-state index is 5.89. The van der Waals surface area contributed by atoms with Gasteiger partial charge in [0, 0.05) is 6.54 Å². The molecule has 0 amide bonds. The first-order valence-corrected chi connectivity index (χ1v) is 7.79. The topological polar surface area (TPSA) is 30.5 Å². The molecule has 0 atom stereocenters. The molecular weight excluding hydrogens is 310 g/mol. The van der Waals surface area contributed by atoms with Crippen molar-refractivity contribution in [3.8, 4) is 11.5 Å². The molecule has 4 heteroatoms. The summed E-state index contributed by atoms with van der Waals surface area (Å²) in [7, 11) is 1.68. The Morgan fingerprint density at radius 3 is 2.30 bits per heavy atom. The zero-order chi connectivity index (χ0) is 15.8. The lowest BCUT2D eigenvalue weighted by molar-refractivity contribution is 0.284. The predicted molar refractivity (Wildman–Crippen MR) is 97.8 cm³/mol. The monoisotopic (exact) mass is 335 g/mol. The summed E-state index contributed by atoms with van der Waals surface area (Å²) >= 11 is 0. The van der Waals surface area contributed by atoms with E-state index in [-0.39, 0.29) is 12.4 Å². The number of hydrogen-bond donors (Lipinski definition) is 1. The Bertz CT molecular complexity index is 584. The number of aryl methyl sites for hydroxylation is 1. The van der Waals surface area contributed by atoms with Gasteiger partial charge in [-0.15, -0.1) is 12.4 Å². The van der Waals surface area contributed by atoms with Crippen LogP contribution in [0.25, 0.3) is 0 Å². The Kier molecular flexibility index (Phi) is 8.52. The third-order valence-electron chi connectivity index (χ3n) is 3.50. The highest BCUT2D eigenvalue weighted by Crippen LogP contribution is 2.28. The highest BCUT2D eigenvalue weighted by molar-refractivity contribution is 5.85. The Hall–Kier alpha value is -1.71. The maximum absolute atomic E-state index is 5.89. The second-order valence-electron chi connectivity index (χ2n) is 5.44. The number of benzene rings is 2. The van der Waals surface area contributed by atoms with Crippen LogP contribution in [0.1, 0.15) is 30.0 Å². The number of ether oxygens (including phenoxy) is 2. The summed E-state index contributed by atoms with van der Waals surface area (Å²) in [6, 6.07) is 14.5. The van der Waals surface area contributed by atoms with E-state index >= 15 is 0 Å². The molecule has 0 bridgehead atoms. The van der Waals surface area contributed by atoms with E-state index in [0.717, 1.165) is 36.6 Å². The molecule has 0 fully saturated rings. The number of hydrogen-bond acceptors (Lipinski definition) is 3. The van der Waals surface area contributed by atoms with Crippen LogP contribution >= 0.6 is 12.4 Å². The molecule has 0 radical (unpaired) electrons. The molecule has 0 spiro atoms. The van der Waals surface area contributed by atoms with Gasteiger partial charge in [0.05, 0.1) is 7.11 Å². The minimum atomic E-state index is 0. The van der Waals surface area contributed by atoms with E-state index in [4.69, 9.17) is 9.47 Å². The molecule has 0 aliphatic carbocycles. The zero-order valence-corrected chi connectivity index (χ0v) is 14.9. The van der Waals surface area contributed by atoms with Crippen molar-refractivity contribution in [1.82, 2.24) is 5.32 Å². The lowest BCUT2D eigenvalue weighted by Crippen LogP contribution is -2.13. The summed E-state index contributed by atoms with van der Waals surface area (Å²) in [5.74, 6) is 1.56. The van der Waals surface area contributed by atoms with Gasteiger partial charge >= 0.3 is 0 Å². The predicted octanol–water partition coefficient (Wildman–Crippen LogP) is 4.50. The van der Waals surface area contributed by atoms with Crippen LogP contribution in [0.5, 0.6) is 11.5 Å². The fraction of sp³-hybridized carbons (Fsp3) is 0.368. The molecule has 1 N–H and O–H groups in total. The minimum Gasteiger partial charge on any atom is -0.493 e. The smallest absolute Gasteiger partial charge is 0.161 e. The first kappa shape index (κ1) is 19.3.